The van der Waals surface area contributed by atoms with Crippen LogP contribution < -0.4 is 0 Å². The summed E-state index contributed by atoms with van der Waals surface area (Å²) in [5, 5.41) is 10.4. The monoisotopic (exact) mass is 348 g/mol. The fourth-order valence-corrected chi connectivity index (χ4v) is 3.96. The molecule has 0 saturated heterocycles. The van der Waals surface area contributed by atoms with Crippen molar-refractivity contribution in [3.8, 4) is 6.07 Å². The summed E-state index contributed by atoms with van der Waals surface area (Å²) in [5.41, 5.74) is 3.12. The van der Waals surface area contributed by atoms with E-state index in [4.69, 9.17) is 0 Å². The molecule has 3 aromatic rings. The summed E-state index contributed by atoms with van der Waals surface area (Å²) in [6.07, 6.45) is 6.13. The number of aromatic nitrogens is 4. The lowest BCUT2D eigenvalue weighted by atomic mass is 10.2. The molecule has 7 heteroatoms. The fraction of sp³-hybridized carbons (Fsp3) is 0.474. The van der Waals surface area contributed by atoms with E-state index >= 15 is 0 Å². The third kappa shape index (κ3) is 2.08. The second-order valence-corrected chi connectivity index (χ2v) is 7.31. The van der Waals surface area contributed by atoms with Crippen molar-refractivity contribution in [3.05, 3.63) is 23.8 Å². The molecule has 7 nitrogen and oxygen atoms in total. The number of imidazole rings is 1. The van der Waals surface area contributed by atoms with Gasteiger partial charge in [-0.05, 0) is 38.7 Å². The molecule has 0 aliphatic heterocycles. The van der Waals surface area contributed by atoms with Crippen LogP contribution in [0.25, 0.3) is 22.1 Å². The minimum atomic E-state index is 0.101. The lowest BCUT2D eigenvalue weighted by molar-refractivity contribution is 0.0719. The van der Waals surface area contributed by atoms with Gasteiger partial charge in [0.05, 0.1) is 11.8 Å². The van der Waals surface area contributed by atoms with Gasteiger partial charge in [-0.15, -0.1) is 0 Å². The number of fused-ring (bicyclic) bond motifs is 3. The van der Waals surface area contributed by atoms with Gasteiger partial charge >= 0.3 is 0 Å². The highest BCUT2D eigenvalue weighted by atomic mass is 16.2. The van der Waals surface area contributed by atoms with E-state index in [2.05, 4.69) is 20.9 Å². The molecule has 2 fully saturated rings. The molecule has 26 heavy (non-hydrogen) atoms. The Hall–Kier alpha value is -2.88. The summed E-state index contributed by atoms with van der Waals surface area (Å²) in [6, 6.07) is 4.89. The summed E-state index contributed by atoms with van der Waals surface area (Å²) in [7, 11) is 1.90. The van der Waals surface area contributed by atoms with Crippen LogP contribution in [0.4, 0.5) is 0 Å². The number of nitriles is 1. The van der Waals surface area contributed by atoms with Gasteiger partial charge in [-0.3, -0.25) is 4.79 Å². The van der Waals surface area contributed by atoms with Crippen molar-refractivity contribution in [2.75, 3.05) is 0 Å². The zero-order valence-corrected chi connectivity index (χ0v) is 14.9. The summed E-state index contributed by atoms with van der Waals surface area (Å²) in [4.78, 5) is 24.3. The Bertz CT molecular complexity index is 1080. The van der Waals surface area contributed by atoms with Gasteiger partial charge in [-0.2, -0.15) is 5.26 Å². The van der Waals surface area contributed by atoms with Gasteiger partial charge in [0, 0.05) is 31.1 Å². The summed E-state index contributed by atoms with van der Waals surface area (Å²) < 4.78 is 3.84. The van der Waals surface area contributed by atoms with Gasteiger partial charge in [0.25, 0.3) is 5.91 Å². The maximum atomic E-state index is 13.4. The first-order valence-corrected chi connectivity index (χ1v) is 9.21. The number of pyridine rings is 1. The SMILES string of the molecule is CCn1c(C(=O)N(C2CC2)C2CC2)cc2c3c(ncn3C)c(C#N)nc21. The first-order chi connectivity index (χ1) is 12.6. The van der Waals surface area contributed by atoms with Crippen LogP contribution >= 0.6 is 0 Å². The zero-order valence-electron chi connectivity index (χ0n) is 14.9. The molecular weight excluding hydrogens is 328 g/mol. The van der Waals surface area contributed by atoms with Crippen molar-refractivity contribution >= 4 is 28.0 Å². The van der Waals surface area contributed by atoms with Gasteiger partial charge < -0.3 is 14.0 Å². The van der Waals surface area contributed by atoms with Gasteiger partial charge in [-0.1, -0.05) is 0 Å². The number of hydrogen-bond acceptors (Lipinski definition) is 4. The van der Waals surface area contributed by atoms with Gasteiger partial charge in [-0.25, -0.2) is 9.97 Å². The first kappa shape index (κ1) is 15.4. The molecule has 1 amide bonds. The van der Waals surface area contributed by atoms with E-state index in [-0.39, 0.29) is 5.91 Å². The van der Waals surface area contributed by atoms with Gasteiger partial charge in [0.15, 0.2) is 5.69 Å². The molecule has 5 rings (SSSR count). The molecule has 0 radical (unpaired) electrons. The lowest BCUT2D eigenvalue weighted by Crippen LogP contribution is -2.36. The highest BCUT2D eigenvalue weighted by Gasteiger charge is 2.43. The topological polar surface area (TPSA) is 79.7 Å². The predicted octanol–water partition coefficient (Wildman–Crippen LogP) is 2.58. The molecule has 2 aliphatic carbocycles. The van der Waals surface area contributed by atoms with E-state index in [0.717, 1.165) is 36.6 Å². The molecule has 0 aromatic carbocycles. The molecule has 2 saturated carbocycles. The molecule has 2 aliphatic rings. The smallest absolute Gasteiger partial charge is 0.271 e. The van der Waals surface area contributed by atoms with Crippen molar-refractivity contribution in [1.82, 2.24) is 24.0 Å². The van der Waals surface area contributed by atoms with Crippen molar-refractivity contribution in [2.45, 2.75) is 51.2 Å². The lowest BCUT2D eigenvalue weighted by Gasteiger charge is -2.22. The van der Waals surface area contributed by atoms with Crippen LogP contribution in [0, 0.1) is 11.3 Å². The van der Waals surface area contributed by atoms with Crippen molar-refractivity contribution in [3.63, 3.8) is 0 Å². The zero-order chi connectivity index (χ0) is 18.0. The minimum Gasteiger partial charge on any atom is -0.333 e. The van der Waals surface area contributed by atoms with E-state index < -0.39 is 0 Å². The Balaban J connectivity index is 1.76. The molecule has 0 bridgehead atoms. The fourth-order valence-electron chi connectivity index (χ4n) is 3.96. The minimum absolute atomic E-state index is 0.101. The van der Waals surface area contributed by atoms with Crippen LogP contribution in [-0.4, -0.2) is 42.0 Å². The molecule has 132 valence electrons. The van der Waals surface area contributed by atoms with Crippen LogP contribution in [0.5, 0.6) is 0 Å². The molecule has 0 unspecified atom stereocenters. The number of rotatable bonds is 4. The van der Waals surface area contributed by atoms with Gasteiger partial charge in [0.2, 0.25) is 0 Å². The Morgan fingerprint density at radius 2 is 2.04 bits per heavy atom. The predicted molar refractivity (Wildman–Crippen MR) is 96.6 cm³/mol. The molecule has 3 heterocycles. The van der Waals surface area contributed by atoms with E-state index in [0.29, 0.717) is 41.2 Å². The van der Waals surface area contributed by atoms with Crippen LogP contribution in [0.15, 0.2) is 12.4 Å². The summed E-state index contributed by atoms with van der Waals surface area (Å²) in [6.45, 7) is 2.64. The Morgan fingerprint density at radius 3 is 2.62 bits per heavy atom. The van der Waals surface area contributed by atoms with E-state index in [1.54, 1.807) is 6.33 Å². The third-order valence-electron chi connectivity index (χ3n) is 5.46. The highest BCUT2D eigenvalue weighted by Crippen LogP contribution is 2.39. The quantitative estimate of drug-likeness (QED) is 0.726. The van der Waals surface area contributed by atoms with Crippen molar-refractivity contribution in [1.29, 1.82) is 5.26 Å². The molecule has 0 N–H and O–H groups in total. The molecule has 3 aromatic heterocycles. The number of carbonyl (C=O) groups excluding carboxylic acids is 1. The maximum Gasteiger partial charge on any atom is 0.271 e. The molecule has 0 atom stereocenters. The van der Waals surface area contributed by atoms with Crippen molar-refractivity contribution < 1.29 is 4.79 Å². The average Bonchev–Trinajstić information content (AvgIpc) is 3.57. The number of hydrogen-bond donors (Lipinski definition) is 0. The van der Waals surface area contributed by atoms with Crippen LogP contribution in [0.2, 0.25) is 0 Å². The highest BCUT2D eigenvalue weighted by molar-refractivity contribution is 6.08. The first-order valence-electron chi connectivity index (χ1n) is 9.21. The van der Waals surface area contributed by atoms with Crippen molar-refractivity contribution in [2.24, 2.45) is 7.05 Å². The average molecular weight is 348 g/mol. The number of amides is 1. The Kier molecular flexibility index (Phi) is 3.14. The number of carbonyl (C=O) groups is 1. The van der Waals surface area contributed by atoms with E-state index in [1.807, 2.05) is 29.2 Å². The van der Waals surface area contributed by atoms with Gasteiger partial charge in [0.1, 0.15) is 22.9 Å². The second kappa shape index (κ2) is 5.31. The second-order valence-electron chi connectivity index (χ2n) is 7.31. The Morgan fingerprint density at radius 1 is 1.35 bits per heavy atom. The largest absolute Gasteiger partial charge is 0.333 e. The molecular formula is C19H20N6O. The van der Waals surface area contributed by atoms with E-state index in [9.17, 15) is 10.1 Å². The number of nitrogens with zero attached hydrogens (tertiary/aromatic N) is 6. The van der Waals surface area contributed by atoms with Crippen LogP contribution in [0.1, 0.15) is 48.8 Å². The molecule has 0 spiro atoms. The summed E-state index contributed by atoms with van der Waals surface area (Å²) >= 11 is 0. The standard InChI is InChI=1S/C19H20N6O/c1-3-24-15(19(26)25(11-4-5-11)12-6-7-12)8-13-17-16(21-10-23(17)2)14(9-20)22-18(13)24/h8,10-12H,3-7H2,1-2H3. The summed E-state index contributed by atoms with van der Waals surface area (Å²) in [5.74, 6) is 0.101. The van der Waals surface area contributed by atoms with Crippen LogP contribution in [0.3, 0.4) is 0 Å². The Labute approximate surface area is 150 Å². The van der Waals surface area contributed by atoms with Crippen LogP contribution in [-0.2, 0) is 13.6 Å². The maximum absolute atomic E-state index is 13.4. The number of aryl methyl sites for hydroxylation is 2. The third-order valence-corrected chi connectivity index (χ3v) is 5.46. The normalized spacial score (nSPS) is 17.0. The van der Waals surface area contributed by atoms with E-state index in [1.165, 1.54) is 0 Å².